The van der Waals surface area contributed by atoms with E-state index in [-0.39, 0.29) is 17.9 Å². The zero-order valence-electron chi connectivity index (χ0n) is 11.9. The van der Waals surface area contributed by atoms with E-state index in [1.54, 1.807) is 0 Å². The van der Waals surface area contributed by atoms with Gasteiger partial charge in [-0.05, 0) is 38.3 Å². The summed E-state index contributed by atoms with van der Waals surface area (Å²) in [4.78, 5) is 0. The second kappa shape index (κ2) is 9.16. The molecule has 0 saturated carbocycles. The molecule has 0 heterocycles. The Morgan fingerprint density at radius 3 is 2.56 bits per heavy atom. The van der Waals surface area contributed by atoms with E-state index >= 15 is 0 Å². The minimum Gasteiger partial charge on any atom is -0.409 e. The largest absolute Gasteiger partial charge is 0.409 e. The number of aliphatic hydroxyl groups excluding tert-OH is 1. The first-order valence-corrected chi connectivity index (χ1v) is 6.77. The molecule has 5 N–H and O–H groups in total. The monoisotopic (exact) mass is 259 g/mol. The number of nitrogens with zero attached hydrogens (tertiary/aromatic N) is 1. The molecule has 0 aromatic heterocycles. The Bertz CT molecular complexity index is 236. The Hall–Kier alpha value is -0.810. The molecule has 0 amide bonds. The predicted octanol–water partition coefficient (Wildman–Crippen LogP) is 1.54. The zero-order chi connectivity index (χ0) is 14.0. The molecule has 0 fully saturated rings. The fourth-order valence-corrected chi connectivity index (χ4v) is 1.91. The number of amidine groups is 1. The standard InChI is InChI=1S/C13H29N3O2/c1-4-5-11(6-9-17)10-15-8-7-13(2,3)12(14)16-18/h11,15,17-18H,4-10H2,1-3H3,(H2,14,16). The summed E-state index contributed by atoms with van der Waals surface area (Å²) in [6.45, 7) is 8.07. The molecular weight excluding hydrogens is 230 g/mol. The number of nitrogens with two attached hydrogens (primary N) is 1. The van der Waals surface area contributed by atoms with Gasteiger partial charge in [-0.25, -0.2) is 0 Å². The van der Waals surface area contributed by atoms with E-state index in [4.69, 9.17) is 16.0 Å². The molecular formula is C13H29N3O2. The van der Waals surface area contributed by atoms with Crippen LogP contribution in [0.2, 0.25) is 0 Å². The molecule has 0 aromatic carbocycles. The van der Waals surface area contributed by atoms with Crippen LogP contribution < -0.4 is 11.1 Å². The van der Waals surface area contributed by atoms with Crippen molar-refractivity contribution in [3.63, 3.8) is 0 Å². The van der Waals surface area contributed by atoms with Gasteiger partial charge in [-0.15, -0.1) is 0 Å². The second-order valence-corrected chi connectivity index (χ2v) is 5.49. The van der Waals surface area contributed by atoms with E-state index in [1.165, 1.54) is 0 Å². The molecule has 5 heteroatoms. The van der Waals surface area contributed by atoms with Crippen LogP contribution in [0, 0.1) is 11.3 Å². The summed E-state index contributed by atoms with van der Waals surface area (Å²) >= 11 is 0. The van der Waals surface area contributed by atoms with Gasteiger partial charge in [-0.2, -0.15) is 0 Å². The second-order valence-electron chi connectivity index (χ2n) is 5.49. The molecule has 5 nitrogen and oxygen atoms in total. The molecule has 1 atom stereocenters. The maximum Gasteiger partial charge on any atom is 0.144 e. The molecule has 0 aromatic rings. The normalized spacial score (nSPS) is 14.8. The molecule has 0 aliphatic carbocycles. The molecule has 108 valence electrons. The van der Waals surface area contributed by atoms with Crippen molar-refractivity contribution in [1.82, 2.24) is 5.32 Å². The number of hydrogen-bond donors (Lipinski definition) is 4. The highest BCUT2D eigenvalue weighted by molar-refractivity contribution is 5.85. The summed E-state index contributed by atoms with van der Waals surface area (Å²) in [5.41, 5.74) is 5.33. The Morgan fingerprint density at radius 1 is 1.39 bits per heavy atom. The Balaban J connectivity index is 3.90. The predicted molar refractivity (Wildman–Crippen MR) is 74.8 cm³/mol. The van der Waals surface area contributed by atoms with Gasteiger partial charge in [0.25, 0.3) is 0 Å². The highest BCUT2D eigenvalue weighted by Crippen LogP contribution is 2.19. The fraction of sp³-hybridized carbons (Fsp3) is 0.923. The third-order valence-electron chi connectivity index (χ3n) is 3.40. The van der Waals surface area contributed by atoms with Crippen LogP contribution >= 0.6 is 0 Å². The quantitative estimate of drug-likeness (QED) is 0.157. The van der Waals surface area contributed by atoms with Gasteiger partial charge in [0.1, 0.15) is 5.84 Å². The van der Waals surface area contributed by atoms with Crippen molar-refractivity contribution in [2.45, 2.75) is 46.5 Å². The van der Waals surface area contributed by atoms with Crippen molar-refractivity contribution in [3.8, 4) is 0 Å². The van der Waals surface area contributed by atoms with Crippen LogP contribution in [0.15, 0.2) is 5.16 Å². The van der Waals surface area contributed by atoms with E-state index in [0.717, 1.165) is 38.8 Å². The Kier molecular flexibility index (Phi) is 8.75. The van der Waals surface area contributed by atoms with Crippen LogP contribution in [0.3, 0.4) is 0 Å². The van der Waals surface area contributed by atoms with Gasteiger partial charge in [0.2, 0.25) is 0 Å². The number of rotatable bonds is 10. The van der Waals surface area contributed by atoms with E-state index in [9.17, 15) is 0 Å². The molecule has 1 unspecified atom stereocenters. The zero-order valence-corrected chi connectivity index (χ0v) is 11.9. The third kappa shape index (κ3) is 6.81. The Morgan fingerprint density at radius 2 is 2.06 bits per heavy atom. The van der Waals surface area contributed by atoms with E-state index in [0.29, 0.717) is 5.92 Å². The van der Waals surface area contributed by atoms with Gasteiger partial charge in [-0.3, -0.25) is 0 Å². The van der Waals surface area contributed by atoms with Crippen molar-refractivity contribution in [2.75, 3.05) is 19.7 Å². The molecule has 0 bridgehead atoms. The SMILES string of the molecule is CCCC(CCO)CNCCC(C)(C)C(N)=NO. The van der Waals surface area contributed by atoms with Crippen LogP contribution in [0.1, 0.15) is 46.5 Å². The van der Waals surface area contributed by atoms with Crippen LogP contribution in [-0.4, -0.2) is 35.8 Å². The van der Waals surface area contributed by atoms with Gasteiger partial charge in [0.05, 0.1) is 0 Å². The fourth-order valence-electron chi connectivity index (χ4n) is 1.91. The first-order valence-electron chi connectivity index (χ1n) is 6.77. The highest BCUT2D eigenvalue weighted by atomic mass is 16.4. The molecule has 0 spiro atoms. The summed E-state index contributed by atoms with van der Waals surface area (Å²) in [6.07, 6.45) is 3.95. The maximum atomic E-state index is 8.97. The molecule has 18 heavy (non-hydrogen) atoms. The van der Waals surface area contributed by atoms with Gasteiger partial charge in [0, 0.05) is 12.0 Å². The van der Waals surface area contributed by atoms with Gasteiger partial charge in [0.15, 0.2) is 0 Å². The maximum absolute atomic E-state index is 8.97. The van der Waals surface area contributed by atoms with Crippen molar-refractivity contribution in [3.05, 3.63) is 0 Å². The van der Waals surface area contributed by atoms with E-state index in [1.807, 2.05) is 13.8 Å². The molecule has 0 saturated heterocycles. The van der Waals surface area contributed by atoms with Crippen molar-refractivity contribution >= 4 is 5.84 Å². The molecule has 0 rings (SSSR count). The first kappa shape index (κ1) is 17.2. The van der Waals surface area contributed by atoms with Crippen LogP contribution in [0.25, 0.3) is 0 Å². The van der Waals surface area contributed by atoms with Crippen molar-refractivity contribution < 1.29 is 10.3 Å². The lowest BCUT2D eigenvalue weighted by atomic mass is 9.88. The lowest BCUT2D eigenvalue weighted by Gasteiger charge is -2.23. The summed E-state index contributed by atoms with van der Waals surface area (Å²) < 4.78 is 0. The first-order chi connectivity index (χ1) is 8.47. The van der Waals surface area contributed by atoms with Crippen molar-refractivity contribution in [1.29, 1.82) is 0 Å². The summed E-state index contributed by atoms with van der Waals surface area (Å²) in [5.74, 6) is 0.803. The van der Waals surface area contributed by atoms with Crippen LogP contribution in [0.4, 0.5) is 0 Å². The molecule has 0 radical (unpaired) electrons. The van der Waals surface area contributed by atoms with Gasteiger partial charge in [-0.1, -0.05) is 32.3 Å². The van der Waals surface area contributed by atoms with E-state index < -0.39 is 0 Å². The topological polar surface area (TPSA) is 90.9 Å². The van der Waals surface area contributed by atoms with E-state index in [2.05, 4.69) is 17.4 Å². The summed E-state index contributed by atoms with van der Waals surface area (Å²) in [7, 11) is 0. The number of oxime groups is 1. The smallest absolute Gasteiger partial charge is 0.144 e. The lowest BCUT2D eigenvalue weighted by Crippen LogP contribution is -2.35. The minimum absolute atomic E-state index is 0.252. The Labute approximate surface area is 110 Å². The lowest BCUT2D eigenvalue weighted by molar-refractivity contribution is 0.247. The third-order valence-corrected chi connectivity index (χ3v) is 3.40. The van der Waals surface area contributed by atoms with Crippen LogP contribution in [0.5, 0.6) is 0 Å². The molecule has 0 aliphatic rings. The number of hydrogen-bond acceptors (Lipinski definition) is 4. The van der Waals surface area contributed by atoms with Crippen molar-refractivity contribution in [2.24, 2.45) is 22.2 Å². The highest BCUT2D eigenvalue weighted by Gasteiger charge is 2.22. The number of aliphatic hydroxyl groups is 1. The minimum atomic E-state index is -0.293. The van der Waals surface area contributed by atoms with Gasteiger partial charge >= 0.3 is 0 Å². The van der Waals surface area contributed by atoms with Gasteiger partial charge < -0.3 is 21.4 Å². The summed E-state index contributed by atoms with van der Waals surface area (Å²) in [6, 6.07) is 0. The average Bonchev–Trinajstić information content (AvgIpc) is 2.34. The summed E-state index contributed by atoms with van der Waals surface area (Å²) in [5, 5.41) is 24.1. The average molecular weight is 259 g/mol. The molecule has 0 aliphatic heterocycles. The number of nitrogens with one attached hydrogen (secondary N) is 1. The van der Waals surface area contributed by atoms with Crippen LogP contribution in [-0.2, 0) is 0 Å².